The second-order valence-corrected chi connectivity index (χ2v) is 14.3. The maximum Gasteiger partial charge on any atom is 0.334 e. The molecule has 0 unspecified atom stereocenters. The fraction of sp³-hybridized carbons (Fsp3) is 0.810. The molecule has 5 nitrogen and oxygen atoms in total. The van der Waals surface area contributed by atoms with E-state index in [0.717, 1.165) is 25.7 Å². The van der Waals surface area contributed by atoms with Crippen molar-refractivity contribution in [2.45, 2.75) is 96.1 Å². The third kappa shape index (κ3) is 4.65. The molecule has 0 bridgehead atoms. The van der Waals surface area contributed by atoms with Gasteiger partial charge in [0.2, 0.25) is 0 Å². The molecule has 0 aromatic carbocycles. The van der Waals surface area contributed by atoms with Gasteiger partial charge in [0.05, 0.1) is 12.7 Å². The van der Waals surface area contributed by atoms with E-state index in [1.54, 1.807) is 6.92 Å². The number of carbonyl (C=O) groups is 2. The van der Waals surface area contributed by atoms with E-state index in [4.69, 9.17) is 13.9 Å². The molecular weight excluding hydrogens is 360 g/mol. The maximum atomic E-state index is 12.1. The number of hydrogen-bond acceptors (Lipinski definition) is 5. The average Bonchev–Trinajstić information content (AvgIpc) is 2.92. The van der Waals surface area contributed by atoms with Gasteiger partial charge in [-0.3, -0.25) is 4.79 Å². The molecule has 3 atom stereocenters. The minimum Gasteiger partial charge on any atom is -0.469 e. The molecule has 1 aliphatic heterocycles. The van der Waals surface area contributed by atoms with Crippen LogP contribution < -0.4 is 0 Å². The van der Waals surface area contributed by atoms with Crippen LogP contribution in [0.1, 0.15) is 66.2 Å². The second kappa shape index (κ2) is 8.07. The third-order valence-electron chi connectivity index (χ3n) is 6.68. The predicted molar refractivity (Wildman–Crippen MR) is 108 cm³/mol. The first-order valence-electron chi connectivity index (χ1n) is 10.1. The minimum absolute atomic E-state index is 0.0473. The Hall–Kier alpha value is -1.14. The van der Waals surface area contributed by atoms with Crippen LogP contribution in [0.3, 0.4) is 0 Å². The van der Waals surface area contributed by atoms with Gasteiger partial charge in [-0.25, -0.2) is 4.79 Å². The summed E-state index contributed by atoms with van der Waals surface area (Å²) in [5, 5.41) is 0.0473. The topological polar surface area (TPSA) is 61.8 Å². The quantitative estimate of drug-likeness (QED) is 0.478. The van der Waals surface area contributed by atoms with Gasteiger partial charge in [0.15, 0.2) is 8.32 Å². The highest BCUT2D eigenvalue weighted by molar-refractivity contribution is 6.74. The van der Waals surface area contributed by atoms with E-state index in [1.807, 2.05) is 6.08 Å². The lowest BCUT2D eigenvalue weighted by Crippen LogP contribution is -2.59. The van der Waals surface area contributed by atoms with Gasteiger partial charge in [-0.1, -0.05) is 33.6 Å². The highest BCUT2D eigenvalue weighted by Gasteiger charge is 2.55. The molecule has 154 valence electrons. The summed E-state index contributed by atoms with van der Waals surface area (Å²) in [5.41, 5.74) is 0.0957. The number of hydrogen-bond donors (Lipinski definition) is 0. The Bertz CT molecular complexity index is 604. The summed E-state index contributed by atoms with van der Waals surface area (Å²) in [6.07, 6.45) is 6.62. The molecular formula is C21H36O5Si. The van der Waals surface area contributed by atoms with Crippen LogP contribution in [0.25, 0.3) is 0 Å². The van der Waals surface area contributed by atoms with E-state index in [2.05, 4.69) is 33.9 Å². The van der Waals surface area contributed by atoms with Gasteiger partial charge in [0, 0.05) is 12.0 Å². The molecule has 0 spiro atoms. The Balaban J connectivity index is 2.40. The minimum atomic E-state index is -2.12. The van der Waals surface area contributed by atoms with Crippen LogP contribution in [-0.4, -0.2) is 39.1 Å². The van der Waals surface area contributed by atoms with Crippen molar-refractivity contribution in [3.8, 4) is 0 Å². The summed E-state index contributed by atoms with van der Waals surface area (Å²) < 4.78 is 17.7. The van der Waals surface area contributed by atoms with E-state index >= 15 is 0 Å². The van der Waals surface area contributed by atoms with Gasteiger partial charge in [0.25, 0.3) is 0 Å². The fourth-order valence-electron chi connectivity index (χ4n) is 4.00. The summed E-state index contributed by atoms with van der Waals surface area (Å²) in [5.74, 6) is -0.285. The smallest absolute Gasteiger partial charge is 0.334 e. The van der Waals surface area contributed by atoms with Gasteiger partial charge in [0.1, 0.15) is 6.10 Å². The highest BCUT2D eigenvalue weighted by atomic mass is 28.4. The highest BCUT2D eigenvalue weighted by Crippen LogP contribution is 2.50. The van der Waals surface area contributed by atoms with Crippen molar-refractivity contribution in [3.05, 3.63) is 11.6 Å². The molecule has 0 N–H and O–H groups in total. The second-order valence-electron chi connectivity index (χ2n) is 9.55. The van der Waals surface area contributed by atoms with Crippen LogP contribution in [0.15, 0.2) is 11.6 Å². The van der Waals surface area contributed by atoms with Crippen LogP contribution >= 0.6 is 0 Å². The van der Waals surface area contributed by atoms with Gasteiger partial charge >= 0.3 is 11.9 Å². The molecule has 0 radical (unpaired) electrons. The molecule has 6 heteroatoms. The van der Waals surface area contributed by atoms with Gasteiger partial charge in [-0.05, 0) is 56.3 Å². The van der Waals surface area contributed by atoms with Crippen molar-refractivity contribution in [3.63, 3.8) is 0 Å². The van der Waals surface area contributed by atoms with Crippen molar-refractivity contribution in [1.82, 2.24) is 0 Å². The number of carbonyl (C=O) groups excluding carboxylic acids is 2. The molecule has 0 amide bonds. The van der Waals surface area contributed by atoms with Crippen molar-refractivity contribution in [1.29, 1.82) is 0 Å². The number of cyclic esters (lactones) is 1. The Morgan fingerprint density at radius 2 is 2.00 bits per heavy atom. The summed E-state index contributed by atoms with van der Waals surface area (Å²) >= 11 is 0. The first-order chi connectivity index (χ1) is 12.4. The van der Waals surface area contributed by atoms with Crippen LogP contribution in [0, 0.1) is 5.92 Å². The van der Waals surface area contributed by atoms with Crippen LogP contribution in [-0.2, 0) is 23.5 Å². The van der Waals surface area contributed by atoms with Crippen molar-refractivity contribution >= 4 is 20.3 Å². The summed E-state index contributed by atoms with van der Waals surface area (Å²) in [7, 11) is -0.695. The summed E-state index contributed by atoms with van der Waals surface area (Å²) in [4.78, 5) is 23.9. The monoisotopic (exact) mass is 396 g/mol. The Morgan fingerprint density at radius 1 is 1.33 bits per heavy atom. The molecule has 0 aromatic rings. The van der Waals surface area contributed by atoms with E-state index < -0.39 is 13.9 Å². The number of ether oxygens (including phenoxy) is 2. The Morgan fingerprint density at radius 3 is 2.52 bits per heavy atom. The molecule has 0 saturated heterocycles. The Labute approximate surface area is 165 Å². The lowest BCUT2D eigenvalue weighted by atomic mass is 9.70. The van der Waals surface area contributed by atoms with Gasteiger partial charge in [-0.2, -0.15) is 0 Å². The zero-order valence-corrected chi connectivity index (χ0v) is 19.0. The van der Waals surface area contributed by atoms with Crippen molar-refractivity contribution in [2.24, 2.45) is 5.92 Å². The first kappa shape index (κ1) is 22.1. The van der Waals surface area contributed by atoms with Gasteiger partial charge in [-0.15, -0.1) is 0 Å². The fourth-order valence-corrected chi connectivity index (χ4v) is 5.64. The maximum absolute atomic E-state index is 12.1. The summed E-state index contributed by atoms with van der Waals surface area (Å²) in [6, 6.07) is 0. The number of rotatable bonds is 6. The SMILES string of the molecule is COC(=O)CC[C@H]1CCCC[C@]1(O[Si](C)(C)C(C)(C)C)[C@H]1C=C(C)C(=O)O1. The third-order valence-corrected chi connectivity index (χ3v) is 11.2. The predicted octanol–water partition coefficient (Wildman–Crippen LogP) is 4.76. The molecule has 1 aliphatic carbocycles. The molecule has 1 heterocycles. The Kier molecular flexibility index (Phi) is 6.62. The normalized spacial score (nSPS) is 29.3. The van der Waals surface area contributed by atoms with E-state index in [9.17, 15) is 9.59 Å². The molecule has 27 heavy (non-hydrogen) atoms. The lowest BCUT2D eigenvalue weighted by molar-refractivity contribution is -0.160. The molecule has 2 aliphatic rings. The van der Waals surface area contributed by atoms with Crippen LogP contribution in [0.2, 0.25) is 18.1 Å². The largest absolute Gasteiger partial charge is 0.469 e. The first-order valence-corrected chi connectivity index (χ1v) is 13.0. The van der Waals surface area contributed by atoms with E-state index in [1.165, 1.54) is 7.11 Å². The van der Waals surface area contributed by atoms with Gasteiger partial charge < -0.3 is 13.9 Å². The molecule has 0 aromatic heterocycles. The van der Waals surface area contributed by atoms with Crippen molar-refractivity contribution in [2.75, 3.05) is 7.11 Å². The van der Waals surface area contributed by atoms with Crippen LogP contribution in [0.5, 0.6) is 0 Å². The van der Waals surface area contributed by atoms with Crippen molar-refractivity contribution < 1.29 is 23.5 Å². The standard InChI is InChI=1S/C21H36O5Si/c1-15-14-17(25-19(15)23)21(26-27(6,7)20(2,3)4)13-9-8-10-16(21)11-12-18(22)24-5/h14,16-17H,8-13H2,1-7H3/t16-,17-,21-/m1/s1. The number of esters is 2. The number of methoxy groups -OCH3 is 1. The molecule has 1 fully saturated rings. The molecule has 2 rings (SSSR count). The molecule has 1 saturated carbocycles. The lowest BCUT2D eigenvalue weighted by Gasteiger charge is -2.52. The van der Waals surface area contributed by atoms with Crippen LogP contribution in [0.4, 0.5) is 0 Å². The average molecular weight is 397 g/mol. The zero-order chi connectivity index (χ0) is 20.5. The summed E-state index contributed by atoms with van der Waals surface area (Å²) in [6.45, 7) is 13.0. The van der Waals surface area contributed by atoms with E-state index in [0.29, 0.717) is 18.4 Å². The zero-order valence-electron chi connectivity index (χ0n) is 18.0. The van der Waals surface area contributed by atoms with E-state index in [-0.39, 0.29) is 29.0 Å².